The van der Waals surface area contributed by atoms with Gasteiger partial charge < -0.3 is 4.80 Å². The van der Waals surface area contributed by atoms with E-state index in [4.69, 9.17) is 0 Å². The fourth-order valence-electron chi connectivity index (χ4n) is 2.51. The van der Waals surface area contributed by atoms with Crippen LogP contribution < -0.4 is 0 Å². The molecule has 19 heavy (non-hydrogen) atoms. The van der Waals surface area contributed by atoms with Crippen molar-refractivity contribution in [3.05, 3.63) is 35.4 Å². The first kappa shape index (κ1) is 16.3. The first-order valence-electron chi connectivity index (χ1n) is 6.93. The quantitative estimate of drug-likeness (QED) is 0.754. The Labute approximate surface area is 115 Å². The van der Waals surface area contributed by atoms with Gasteiger partial charge in [0.15, 0.2) is 20.0 Å². The third-order valence-electron chi connectivity index (χ3n) is 4.03. The number of benzene rings is 1. The van der Waals surface area contributed by atoms with Gasteiger partial charge >= 0.3 is 0 Å². The topological polar surface area (TPSA) is 20.2 Å². The van der Waals surface area contributed by atoms with Crippen LogP contribution in [-0.2, 0) is 6.42 Å². The zero-order chi connectivity index (χ0) is 14.6. The molecule has 0 aliphatic carbocycles. The number of aryl methyl sites for hydroxylation is 1. The zero-order valence-corrected chi connectivity index (χ0v) is 13.2. The summed E-state index contributed by atoms with van der Waals surface area (Å²) in [6.45, 7) is 8.29. The van der Waals surface area contributed by atoms with Crippen LogP contribution in [0.1, 0.15) is 39.7 Å². The van der Waals surface area contributed by atoms with Gasteiger partial charge in [0.2, 0.25) is 0 Å². The van der Waals surface area contributed by atoms with Crippen molar-refractivity contribution in [1.29, 1.82) is 0 Å². The molecular weight excluding hydrogens is 262 g/mol. The smallest absolute Gasteiger partial charge is 0.193 e. The first-order valence-corrected chi connectivity index (χ1v) is 9.24. The minimum atomic E-state index is -2.25. The van der Waals surface area contributed by atoms with Crippen molar-refractivity contribution in [1.82, 2.24) is 0 Å². The summed E-state index contributed by atoms with van der Waals surface area (Å²) in [5.74, 6) is -1.60. The van der Waals surface area contributed by atoms with Crippen LogP contribution >= 0.6 is 0 Å². The fourth-order valence-corrected chi connectivity index (χ4v) is 5.75. The Hall–Kier alpha value is -0.743. The van der Waals surface area contributed by atoms with E-state index in [1.807, 2.05) is 0 Å². The molecule has 0 aliphatic rings. The van der Waals surface area contributed by atoms with Gasteiger partial charge in [0.05, 0.1) is 0 Å². The second-order valence-electron chi connectivity index (χ2n) is 5.90. The number of hydrogen-bond donors (Lipinski definition) is 1. The summed E-state index contributed by atoms with van der Waals surface area (Å²) in [6.07, 6.45) is 1.51. The molecule has 0 fully saturated rings. The second kappa shape index (κ2) is 6.62. The largest absolute Gasteiger partial charge is 0.431 e. The molecule has 1 N–H and O–H groups in total. The standard InChI is InChI=1S/C15H24F2OSi/c1-11(2)19(18,12(3)4)9-5-6-13-7-8-14(16)15(17)10-13/h7-8,10-12,18H,5-6,9H2,1-4H3. The molecule has 0 unspecified atom stereocenters. The van der Waals surface area contributed by atoms with Gasteiger partial charge in [0.1, 0.15) is 0 Å². The van der Waals surface area contributed by atoms with E-state index < -0.39 is 20.0 Å². The van der Waals surface area contributed by atoms with Crippen LogP contribution in [-0.4, -0.2) is 13.1 Å². The molecule has 0 amide bonds. The number of hydrogen-bond acceptors (Lipinski definition) is 1. The van der Waals surface area contributed by atoms with E-state index in [9.17, 15) is 13.6 Å². The van der Waals surface area contributed by atoms with E-state index in [1.54, 1.807) is 6.07 Å². The molecular formula is C15H24F2OSi. The molecule has 4 heteroatoms. The Morgan fingerprint density at radius 1 is 1.05 bits per heavy atom. The minimum Gasteiger partial charge on any atom is -0.431 e. The van der Waals surface area contributed by atoms with Crippen molar-refractivity contribution in [2.45, 2.75) is 57.7 Å². The molecule has 0 spiro atoms. The predicted octanol–water partition coefficient (Wildman–Crippen LogP) is 4.66. The van der Waals surface area contributed by atoms with Gasteiger partial charge in [0, 0.05) is 0 Å². The van der Waals surface area contributed by atoms with Gasteiger partial charge in [-0.2, -0.15) is 0 Å². The highest BCUT2D eigenvalue weighted by atomic mass is 28.4. The third kappa shape index (κ3) is 4.11. The van der Waals surface area contributed by atoms with Crippen LogP contribution in [0.5, 0.6) is 0 Å². The highest BCUT2D eigenvalue weighted by Crippen LogP contribution is 2.34. The van der Waals surface area contributed by atoms with Gasteiger partial charge in [-0.3, -0.25) is 0 Å². The molecule has 0 heterocycles. The minimum absolute atomic E-state index is 0.317. The van der Waals surface area contributed by atoms with Crippen molar-refractivity contribution >= 4 is 8.32 Å². The summed E-state index contributed by atoms with van der Waals surface area (Å²) in [7, 11) is -2.25. The molecule has 1 nitrogen and oxygen atoms in total. The van der Waals surface area contributed by atoms with Gasteiger partial charge in [0.25, 0.3) is 0 Å². The Kier molecular flexibility index (Phi) is 5.68. The average Bonchev–Trinajstić information content (AvgIpc) is 2.33. The second-order valence-corrected chi connectivity index (χ2v) is 10.7. The maximum atomic E-state index is 13.1. The maximum absolute atomic E-state index is 13.1. The maximum Gasteiger partial charge on any atom is 0.193 e. The van der Waals surface area contributed by atoms with Crippen LogP contribution in [0.25, 0.3) is 0 Å². The summed E-state index contributed by atoms with van der Waals surface area (Å²) in [6, 6.07) is 4.84. The molecule has 0 atom stereocenters. The van der Waals surface area contributed by atoms with E-state index in [0.29, 0.717) is 17.5 Å². The van der Waals surface area contributed by atoms with Gasteiger partial charge in [-0.1, -0.05) is 33.8 Å². The molecule has 0 radical (unpaired) electrons. The van der Waals surface area contributed by atoms with E-state index in [0.717, 1.165) is 18.0 Å². The monoisotopic (exact) mass is 286 g/mol. The molecule has 1 aromatic carbocycles. The van der Waals surface area contributed by atoms with Crippen molar-refractivity contribution in [3.63, 3.8) is 0 Å². The summed E-state index contributed by atoms with van der Waals surface area (Å²) >= 11 is 0. The molecule has 108 valence electrons. The molecule has 0 bridgehead atoms. The van der Waals surface area contributed by atoms with Crippen LogP contribution in [0.3, 0.4) is 0 Å². The predicted molar refractivity (Wildman–Crippen MR) is 77.7 cm³/mol. The molecule has 0 saturated carbocycles. The molecule has 0 aliphatic heterocycles. The van der Waals surface area contributed by atoms with E-state index in [1.165, 1.54) is 12.1 Å². The van der Waals surface area contributed by atoms with Crippen LogP contribution in [0.2, 0.25) is 17.1 Å². The lowest BCUT2D eigenvalue weighted by Crippen LogP contribution is -2.41. The Bertz CT molecular complexity index is 411. The number of rotatable bonds is 6. The summed E-state index contributed by atoms with van der Waals surface area (Å²) in [4.78, 5) is 10.7. The highest BCUT2D eigenvalue weighted by molar-refractivity contribution is 6.75. The van der Waals surface area contributed by atoms with Crippen molar-refractivity contribution < 1.29 is 13.6 Å². The first-order chi connectivity index (χ1) is 8.77. The molecule has 1 aromatic rings. The lowest BCUT2D eigenvalue weighted by Gasteiger charge is -2.33. The summed E-state index contributed by atoms with van der Waals surface area (Å²) < 4.78 is 25.9. The fraction of sp³-hybridized carbons (Fsp3) is 0.600. The van der Waals surface area contributed by atoms with E-state index in [-0.39, 0.29) is 0 Å². The summed E-state index contributed by atoms with van der Waals surface area (Å²) in [5.41, 5.74) is 1.43. The van der Waals surface area contributed by atoms with Gasteiger partial charge in [-0.25, -0.2) is 8.78 Å². The lowest BCUT2D eigenvalue weighted by atomic mass is 10.1. The van der Waals surface area contributed by atoms with Crippen molar-refractivity contribution in [2.24, 2.45) is 0 Å². The van der Waals surface area contributed by atoms with Gasteiger partial charge in [-0.15, -0.1) is 0 Å². The Morgan fingerprint density at radius 2 is 1.63 bits per heavy atom. The molecule has 1 rings (SSSR count). The lowest BCUT2D eigenvalue weighted by molar-refractivity contribution is 0.485. The van der Waals surface area contributed by atoms with E-state index >= 15 is 0 Å². The zero-order valence-electron chi connectivity index (χ0n) is 12.2. The van der Waals surface area contributed by atoms with E-state index in [2.05, 4.69) is 27.7 Å². The van der Waals surface area contributed by atoms with Gasteiger partial charge in [-0.05, 0) is 47.7 Å². The Morgan fingerprint density at radius 3 is 2.11 bits per heavy atom. The number of halogens is 2. The Balaban J connectivity index is 2.60. The van der Waals surface area contributed by atoms with Crippen LogP contribution in [0.15, 0.2) is 18.2 Å². The normalized spacial score (nSPS) is 12.5. The van der Waals surface area contributed by atoms with Crippen LogP contribution in [0, 0.1) is 11.6 Å². The molecule has 0 saturated heterocycles. The third-order valence-corrected chi connectivity index (χ3v) is 9.18. The highest BCUT2D eigenvalue weighted by Gasteiger charge is 2.37. The van der Waals surface area contributed by atoms with Crippen molar-refractivity contribution in [2.75, 3.05) is 0 Å². The average molecular weight is 286 g/mol. The van der Waals surface area contributed by atoms with Crippen LogP contribution in [0.4, 0.5) is 8.78 Å². The van der Waals surface area contributed by atoms with Crippen molar-refractivity contribution in [3.8, 4) is 0 Å². The SMILES string of the molecule is CC(C)[Si](O)(CCCc1ccc(F)c(F)c1)C(C)C. The summed E-state index contributed by atoms with van der Waals surface area (Å²) in [5, 5.41) is 0. The molecule has 0 aromatic heterocycles.